The third kappa shape index (κ3) is 3.85. The molecular weight excluding hydrogens is 126 g/mol. The van der Waals surface area contributed by atoms with Crippen LogP contribution in [0.2, 0.25) is 0 Å². The largest absolute Gasteiger partial charge is 0.396 e. The minimum Gasteiger partial charge on any atom is -0.396 e. The molecule has 0 bridgehead atoms. The van der Waals surface area contributed by atoms with Crippen LogP contribution in [0.3, 0.4) is 0 Å². The molecule has 0 rings (SSSR count). The molecule has 0 amide bonds. The fraction of sp³-hybridized carbons (Fsp3) is 1.00. The summed E-state index contributed by atoms with van der Waals surface area (Å²) in [4.78, 5) is 2.22. The maximum Gasteiger partial charge on any atom is 0.0431 e. The van der Waals surface area contributed by atoms with Gasteiger partial charge in [-0.3, -0.25) is 0 Å². The first-order valence-electron chi connectivity index (χ1n) is 3.99. The van der Waals surface area contributed by atoms with Gasteiger partial charge in [0.1, 0.15) is 0 Å². The van der Waals surface area contributed by atoms with Crippen LogP contribution < -0.4 is 0 Å². The summed E-state index contributed by atoms with van der Waals surface area (Å²) < 4.78 is 0. The Bertz CT molecular complexity index is 73.7. The highest BCUT2D eigenvalue weighted by Crippen LogP contribution is 2.05. The van der Waals surface area contributed by atoms with E-state index < -0.39 is 0 Å². The Balaban J connectivity index is 3.40. The van der Waals surface area contributed by atoms with Gasteiger partial charge in [-0.05, 0) is 33.4 Å². The average molecular weight is 145 g/mol. The Morgan fingerprint density at radius 3 is 2.30 bits per heavy atom. The van der Waals surface area contributed by atoms with Gasteiger partial charge in [0.15, 0.2) is 0 Å². The van der Waals surface area contributed by atoms with Crippen molar-refractivity contribution in [1.29, 1.82) is 0 Å². The van der Waals surface area contributed by atoms with Crippen LogP contribution in [0, 0.1) is 0 Å². The quantitative estimate of drug-likeness (QED) is 0.626. The standard InChI is InChI=1S/C8H19NO/c1-4-8(9(2)3)6-5-7-10/h8,10H,4-7H2,1-3H3. The molecule has 0 radical (unpaired) electrons. The third-order valence-corrected chi connectivity index (χ3v) is 1.90. The van der Waals surface area contributed by atoms with Crippen molar-refractivity contribution >= 4 is 0 Å². The predicted octanol–water partition coefficient (Wildman–Crippen LogP) is 1.10. The zero-order chi connectivity index (χ0) is 7.98. The highest BCUT2D eigenvalue weighted by atomic mass is 16.2. The van der Waals surface area contributed by atoms with Gasteiger partial charge in [-0.2, -0.15) is 0 Å². The number of hydrogen-bond acceptors (Lipinski definition) is 2. The summed E-state index contributed by atoms with van der Waals surface area (Å²) in [6, 6.07) is 0.646. The summed E-state index contributed by atoms with van der Waals surface area (Å²) >= 11 is 0. The predicted molar refractivity (Wildman–Crippen MR) is 44.1 cm³/mol. The van der Waals surface area contributed by atoms with E-state index in [4.69, 9.17) is 5.11 Å². The first-order valence-corrected chi connectivity index (χ1v) is 3.99. The average Bonchev–Trinajstić information content (AvgIpc) is 1.89. The van der Waals surface area contributed by atoms with E-state index >= 15 is 0 Å². The molecule has 0 aliphatic carbocycles. The maximum absolute atomic E-state index is 8.57. The summed E-state index contributed by atoms with van der Waals surface area (Å²) in [6.07, 6.45) is 3.21. The molecule has 0 heterocycles. The minimum absolute atomic E-state index is 0.324. The van der Waals surface area contributed by atoms with Gasteiger partial charge in [0.05, 0.1) is 0 Å². The Morgan fingerprint density at radius 2 is 2.00 bits per heavy atom. The lowest BCUT2D eigenvalue weighted by Crippen LogP contribution is -2.27. The van der Waals surface area contributed by atoms with Crippen LogP contribution in [0.5, 0.6) is 0 Å². The lowest BCUT2D eigenvalue weighted by molar-refractivity contribution is 0.229. The molecule has 2 nitrogen and oxygen atoms in total. The number of aliphatic hydroxyl groups is 1. The highest BCUT2D eigenvalue weighted by molar-refractivity contribution is 4.62. The fourth-order valence-corrected chi connectivity index (χ4v) is 1.15. The number of aliphatic hydroxyl groups excluding tert-OH is 1. The lowest BCUT2D eigenvalue weighted by Gasteiger charge is -2.22. The van der Waals surface area contributed by atoms with Gasteiger partial charge < -0.3 is 10.0 Å². The third-order valence-electron chi connectivity index (χ3n) is 1.90. The van der Waals surface area contributed by atoms with E-state index in [1.54, 1.807) is 0 Å². The first kappa shape index (κ1) is 9.92. The van der Waals surface area contributed by atoms with Crippen LogP contribution in [-0.4, -0.2) is 36.8 Å². The minimum atomic E-state index is 0.324. The van der Waals surface area contributed by atoms with Crippen LogP contribution in [0.1, 0.15) is 26.2 Å². The fourth-order valence-electron chi connectivity index (χ4n) is 1.15. The van der Waals surface area contributed by atoms with Crippen molar-refractivity contribution in [3.63, 3.8) is 0 Å². The van der Waals surface area contributed by atoms with E-state index in [-0.39, 0.29) is 0 Å². The molecule has 0 fully saturated rings. The van der Waals surface area contributed by atoms with Crippen LogP contribution in [0.4, 0.5) is 0 Å². The van der Waals surface area contributed by atoms with Crippen LogP contribution in [0.25, 0.3) is 0 Å². The summed E-state index contributed by atoms with van der Waals surface area (Å²) in [7, 11) is 4.18. The van der Waals surface area contributed by atoms with Crippen LogP contribution >= 0.6 is 0 Å². The molecule has 0 aliphatic rings. The van der Waals surface area contributed by atoms with Crippen molar-refractivity contribution in [2.45, 2.75) is 32.2 Å². The molecular formula is C8H19NO. The monoisotopic (exact) mass is 145 g/mol. The Morgan fingerprint density at radius 1 is 1.40 bits per heavy atom. The summed E-state index contributed by atoms with van der Waals surface area (Å²) in [5.41, 5.74) is 0. The molecule has 10 heavy (non-hydrogen) atoms. The maximum atomic E-state index is 8.57. The normalized spacial score (nSPS) is 14.1. The van der Waals surface area contributed by atoms with Gasteiger partial charge in [-0.15, -0.1) is 0 Å². The molecule has 0 aliphatic heterocycles. The molecule has 1 N–H and O–H groups in total. The molecule has 1 unspecified atom stereocenters. The van der Waals surface area contributed by atoms with Gasteiger partial charge in [0.2, 0.25) is 0 Å². The highest BCUT2D eigenvalue weighted by Gasteiger charge is 2.06. The second-order valence-corrected chi connectivity index (χ2v) is 2.89. The molecule has 0 saturated carbocycles. The molecule has 1 atom stereocenters. The van der Waals surface area contributed by atoms with Crippen molar-refractivity contribution in [2.75, 3.05) is 20.7 Å². The van der Waals surface area contributed by atoms with Gasteiger partial charge in [0, 0.05) is 12.6 Å². The molecule has 0 aromatic heterocycles. The Hall–Kier alpha value is -0.0800. The first-order chi connectivity index (χ1) is 4.72. The van der Waals surface area contributed by atoms with E-state index in [9.17, 15) is 0 Å². The smallest absolute Gasteiger partial charge is 0.0431 e. The van der Waals surface area contributed by atoms with Crippen LogP contribution in [-0.2, 0) is 0 Å². The molecule has 0 aromatic rings. The topological polar surface area (TPSA) is 23.5 Å². The lowest BCUT2D eigenvalue weighted by atomic mass is 10.1. The van der Waals surface area contributed by atoms with Gasteiger partial charge in [0.25, 0.3) is 0 Å². The van der Waals surface area contributed by atoms with Gasteiger partial charge in [-0.1, -0.05) is 6.92 Å². The summed E-state index contributed by atoms with van der Waals surface area (Å²) in [5, 5.41) is 8.57. The zero-order valence-corrected chi connectivity index (χ0v) is 7.30. The van der Waals surface area contributed by atoms with Crippen molar-refractivity contribution in [1.82, 2.24) is 4.90 Å². The second-order valence-electron chi connectivity index (χ2n) is 2.89. The van der Waals surface area contributed by atoms with Crippen molar-refractivity contribution in [2.24, 2.45) is 0 Å². The van der Waals surface area contributed by atoms with Crippen molar-refractivity contribution < 1.29 is 5.11 Å². The van der Waals surface area contributed by atoms with Crippen molar-refractivity contribution in [3.8, 4) is 0 Å². The number of rotatable bonds is 5. The summed E-state index contributed by atoms with van der Waals surface area (Å²) in [6.45, 7) is 2.51. The molecule has 62 valence electrons. The van der Waals surface area contributed by atoms with Gasteiger partial charge >= 0.3 is 0 Å². The Labute approximate surface area is 63.8 Å². The van der Waals surface area contributed by atoms with Gasteiger partial charge in [-0.25, -0.2) is 0 Å². The molecule has 0 aromatic carbocycles. The summed E-state index contributed by atoms with van der Waals surface area (Å²) in [5.74, 6) is 0. The molecule has 2 heteroatoms. The zero-order valence-electron chi connectivity index (χ0n) is 7.30. The van der Waals surface area contributed by atoms with E-state index in [0.29, 0.717) is 12.6 Å². The molecule has 0 spiro atoms. The number of hydrogen-bond donors (Lipinski definition) is 1. The van der Waals surface area contributed by atoms with E-state index in [0.717, 1.165) is 12.8 Å². The van der Waals surface area contributed by atoms with E-state index in [1.807, 2.05) is 0 Å². The SMILES string of the molecule is CCC(CCCO)N(C)C. The van der Waals surface area contributed by atoms with E-state index in [2.05, 4.69) is 25.9 Å². The van der Waals surface area contributed by atoms with Crippen molar-refractivity contribution in [3.05, 3.63) is 0 Å². The van der Waals surface area contributed by atoms with Crippen LogP contribution in [0.15, 0.2) is 0 Å². The van der Waals surface area contributed by atoms with E-state index in [1.165, 1.54) is 6.42 Å². The second kappa shape index (κ2) is 5.69. The Kier molecular flexibility index (Phi) is 5.64. The number of nitrogens with zero attached hydrogens (tertiary/aromatic N) is 1. The molecule has 0 saturated heterocycles.